The standard InChI is InChI=1S/C14H21N5O/c1-2-19-13(3-5-18-19)10-15-7-11-4-6-20-14(11)12-8-16-17-9-12/h3,5,8-9,11,14-15H,2,4,6-7,10H2,1H3,(H,16,17)/t11-,14+/m1/s1. The maximum absolute atomic E-state index is 5.83. The van der Waals surface area contributed by atoms with Crippen LogP contribution in [-0.2, 0) is 17.8 Å². The van der Waals surface area contributed by atoms with Gasteiger partial charge in [-0.05, 0) is 19.4 Å². The molecule has 3 rings (SSSR count). The first kappa shape index (κ1) is 13.3. The second kappa shape index (κ2) is 6.19. The van der Waals surface area contributed by atoms with Gasteiger partial charge < -0.3 is 10.1 Å². The molecule has 108 valence electrons. The third kappa shape index (κ3) is 2.76. The molecule has 1 fully saturated rings. The van der Waals surface area contributed by atoms with Gasteiger partial charge in [-0.2, -0.15) is 10.2 Å². The van der Waals surface area contributed by atoms with Crippen LogP contribution < -0.4 is 5.32 Å². The summed E-state index contributed by atoms with van der Waals surface area (Å²) in [5.74, 6) is 0.505. The number of hydrogen-bond donors (Lipinski definition) is 2. The van der Waals surface area contributed by atoms with Crippen molar-refractivity contribution in [1.82, 2.24) is 25.3 Å². The fourth-order valence-electron chi connectivity index (χ4n) is 2.81. The van der Waals surface area contributed by atoms with Crippen LogP contribution in [0.2, 0.25) is 0 Å². The second-order valence-corrected chi connectivity index (χ2v) is 5.14. The summed E-state index contributed by atoms with van der Waals surface area (Å²) >= 11 is 0. The first-order valence-electron chi connectivity index (χ1n) is 7.20. The highest BCUT2D eigenvalue weighted by Crippen LogP contribution is 2.33. The molecule has 0 spiro atoms. The number of ether oxygens (including phenoxy) is 1. The van der Waals surface area contributed by atoms with Crippen LogP contribution in [0.1, 0.15) is 30.7 Å². The Bertz CT molecular complexity index is 521. The van der Waals surface area contributed by atoms with E-state index in [9.17, 15) is 0 Å². The summed E-state index contributed by atoms with van der Waals surface area (Å²) in [6.45, 7) is 5.65. The summed E-state index contributed by atoms with van der Waals surface area (Å²) in [7, 11) is 0. The van der Waals surface area contributed by atoms with Crippen LogP contribution >= 0.6 is 0 Å². The van der Waals surface area contributed by atoms with Crippen LogP contribution in [0.25, 0.3) is 0 Å². The molecular formula is C14H21N5O. The Morgan fingerprint density at radius 1 is 1.55 bits per heavy atom. The van der Waals surface area contributed by atoms with Crippen molar-refractivity contribution in [3.05, 3.63) is 35.9 Å². The lowest BCUT2D eigenvalue weighted by Crippen LogP contribution is -2.25. The zero-order valence-corrected chi connectivity index (χ0v) is 11.7. The molecule has 3 heterocycles. The van der Waals surface area contributed by atoms with E-state index in [1.807, 2.05) is 23.3 Å². The number of nitrogens with one attached hydrogen (secondary N) is 2. The predicted octanol–water partition coefficient (Wildman–Crippen LogP) is 1.49. The normalized spacial score (nSPS) is 22.4. The van der Waals surface area contributed by atoms with Crippen molar-refractivity contribution < 1.29 is 4.74 Å². The third-order valence-electron chi connectivity index (χ3n) is 3.88. The summed E-state index contributed by atoms with van der Waals surface area (Å²) in [5.41, 5.74) is 2.37. The molecule has 1 saturated heterocycles. The van der Waals surface area contributed by atoms with Gasteiger partial charge in [-0.15, -0.1) is 0 Å². The SMILES string of the molecule is CCn1nccc1CNC[C@H]1CCO[C@@H]1c1cn[nH]c1. The molecule has 0 aromatic carbocycles. The molecule has 1 aliphatic rings. The molecule has 2 N–H and O–H groups in total. The fraction of sp³-hybridized carbons (Fsp3) is 0.571. The molecule has 0 saturated carbocycles. The third-order valence-corrected chi connectivity index (χ3v) is 3.88. The van der Waals surface area contributed by atoms with Crippen molar-refractivity contribution in [2.75, 3.05) is 13.2 Å². The van der Waals surface area contributed by atoms with Gasteiger partial charge in [-0.1, -0.05) is 0 Å². The highest BCUT2D eigenvalue weighted by Gasteiger charge is 2.29. The van der Waals surface area contributed by atoms with E-state index < -0.39 is 0 Å². The van der Waals surface area contributed by atoms with Gasteiger partial charge in [0.15, 0.2) is 0 Å². The molecule has 2 aromatic rings. The van der Waals surface area contributed by atoms with Crippen molar-refractivity contribution >= 4 is 0 Å². The zero-order valence-electron chi connectivity index (χ0n) is 11.7. The Hall–Kier alpha value is -1.66. The molecule has 0 unspecified atom stereocenters. The van der Waals surface area contributed by atoms with E-state index in [0.717, 1.165) is 38.2 Å². The molecule has 20 heavy (non-hydrogen) atoms. The molecule has 0 amide bonds. The maximum atomic E-state index is 5.83. The summed E-state index contributed by atoms with van der Waals surface area (Å²) in [6.07, 6.45) is 6.89. The van der Waals surface area contributed by atoms with Gasteiger partial charge in [0.2, 0.25) is 0 Å². The number of rotatable bonds is 6. The van der Waals surface area contributed by atoms with E-state index in [1.54, 1.807) is 0 Å². The minimum absolute atomic E-state index is 0.164. The molecule has 6 nitrogen and oxygen atoms in total. The summed E-state index contributed by atoms with van der Waals surface area (Å²) in [4.78, 5) is 0. The number of nitrogens with zero attached hydrogens (tertiary/aromatic N) is 3. The Morgan fingerprint density at radius 3 is 3.30 bits per heavy atom. The highest BCUT2D eigenvalue weighted by atomic mass is 16.5. The van der Waals surface area contributed by atoms with Crippen LogP contribution in [0.4, 0.5) is 0 Å². The largest absolute Gasteiger partial charge is 0.373 e. The molecule has 2 atom stereocenters. The summed E-state index contributed by atoms with van der Waals surface area (Å²) in [5, 5.41) is 14.7. The van der Waals surface area contributed by atoms with E-state index in [0.29, 0.717) is 5.92 Å². The molecule has 1 aliphatic heterocycles. The lowest BCUT2D eigenvalue weighted by molar-refractivity contribution is 0.0904. The lowest BCUT2D eigenvalue weighted by Gasteiger charge is -2.17. The van der Waals surface area contributed by atoms with Gasteiger partial charge in [0.25, 0.3) is 0 Å². The fourth-order valence-corrected chi connectivity index (χ4v) is 2.81. The Morgan fingerprint density at radius 2 is 2.50 bits per heavy atom. The van der Waals surface area contributed by atoms with Crippen LogP contribution in [0, 0.1) is 5.92 Å². The summed E-state index contributed by atoms with van der Waals surface area (Å²) in [6, 6.07) is 2.06. The number of aromatic amines is 1. The van der Waals surface area contributed by atoms with Crippen LogP contribution in [0.3, 0.4) is 0 Å². The average molecular weight is 275 g/mol. The second-order valence-electron chi connectivity index (χ2n) is 5.14. The number of H-pyrrole nitrogens is 1. The van der Waals surface area contributed by atoms with Gasteiger partial charge in [0, 0.05) is 50.1 Å². The number of aromatic nitrogens is 4. The quantitative estimate of drug-likeness (QED) is 0.838. The summed E-state index contributed by atoms with van der Waals surface area (Å²) < 4.78 is 7.84. The molecule has 0 bridgehead atoms. The van der Waals surface area contributed by atoms with E-state index in [2.05, 4.69) is 33.6 Å². The van der Waals surface area contributed by atoms with E-state index in [4.69, 9.17) is 4.74 Å². The average Bonchev–Trinajstić information content (AvgIpc) is 3.20. The highest BCUT2D eigenvalue weighted by molar-refractivity contribution is 5.10. The van der Waals surface area contributed by atoms with Crippen LogP contribution in [-0.4, -0.2) is 33.1 Å². The van der Waals surface area contributed by atoms with Crippen molar-refractivity contribution in [1.29, 1.82) is 0 Å². The lowest BCUT2D eigenvalue weighted by atomic mass is 9.97. The molecule has 2 aromatic heterocycles. The topological polar surface area (TPSA) is 67.8 Å². The van der Waals surface area contributed by atoms with Gasteiger partial charge in [-0.3, -0.25) is 9.78 Å². The van der Waals surface area contributed by atoms with Gasteiger partial charge in [0.1, 0.15) is 0 Å². The minimum atomic E-state index is 0.164. The van der Waals surface area contributed by atoms with E-state index in [1.165, 1.54) is 5.69 Å². The van der Waals surface area contributed by atoms with E-state index >= 15 is 0 Å². The monoisotopic (exact) mass is 275 g/mol. The Kier molecular flexibility index (Phi) is 4.13. The van der Waals surface area contributed by atoms with E-state index in [-0.39, 0.29) is 6.10 Å². The molecular weight excluding hydrogens is 254 g/mol. The van der Waals surface area contributed by atoms with Crippen LogP contribution in [0.5, 0.6) is 0 Å². The molecule has 0 aliphatic carbocycles. The van der Waals surface area contributed by atoms with Crippen LogP contribution in [0.15, 0.2) is 24.7 Å². The maximum Gasteiger partial charge on any atom is 0.0896 e. The first-order valence-corrected chi connectivity index (χ1v) is 7.20. The smallest absolute Gasteiger partial charge is 0.0896 e. The first-order chi connectivity index (χ1) is 9.88. The van der Waals surface area contributed by atoms with Crippen molar-refractivity contribution in [2.24, 2.45) is 5.92 Å². The molecule has 0 radical (unpaired) electrons. The van der Waals surface area contributed by atoms with Gasteiger partial charge in [-0.25, -0.2) is 0 Å². The zero-order chi connectivity index (χ0) is 13.8. The minimum Gasteiger partial charge on any atom is -0.373 e. The Balaban J connectivity index is 1.53. The predicted molar refractivity (Wildman–Crippen MR) is 75.0 cm³/mol. The number of aryl methyl sites for hydroxylation is 1. The van der Waals surface area contributed by atoms with Crippen molar-refractivity contribution in [2.45, 2.75) is 32.5 Å². The Labute approximate surface area is 118 Å². The van der Waals surface area contributed by atoms with Crippen molar-refractivity contribution in [3.8, 4) is 0 Å². The van der Waals surface area contributed by atoms with Crippen molar-refractivity contribution in [3.63, 3.8) is 0 Å². The van der Waals surface area contributed by atoms with Gasteiger partial charge >= 0.3 is 0 Å². The van der Waals surface area contributed by atoms with Gasteiger partial charge in [0.05, 0.1) is 18.0 Å². The molecule has 6 heteroatoms. The number of hydrogen-bond acceptors (Lipinski definition) is 4.